The van der Waals surface area contributed by atoms with E-state index in [2.05, 4.69) is 31.4 Å². The fraction of sp³-hybridized carbons (Fsp3) is 0.735. The number of hydrogen-bond donors (Lipinski definition) is 2. The van der Waals surface area contributed by atoms with Crippen molar-refractivity contribution in [3.63, 3.8) is 0 Å². The molecule has 1 aromatic rings. The minimum absolute atomic E-state index is 0.0985. The van der Waals surface area contributed by atoms with Crippen molar-refractivity contribution in [2.75, 3.05) is 10.6 Å². The summed E-state index contributed by atoms with van der Waals surface area (Å²) in [5, 5.41) is 5.93. The van der Waals surface area contributed by atoms with Gasteiger partial charge in [-0.25, -0.2) is 0 Å². The number of carbonyl (C=O) groups is 3. The molecular weight excluding hydrogens is 500 g/mol. The van der Waals surface area contributed by atoms with E-state index in [1.807, 2.05) is 19.1 Å². The molecule has 0 aliphatic heterocycles. The number of rotatable bonds is 24. The smallest absolute Gasteiger partial charge is 0.311 e. The second-order valence-corrected chi connectivity index (χ2v) is 11.3. The van der Waals surface area contributed by atoms with Crippen LogP contribution in [0.25, 0.3) is 0 Å². The molecule has 1 aromatic carbocycles. The van der Waals surface area contributed by atoms with Gasteiger partial charge in [0.15, 0.2) is 5.75 Å². The molecule has 0 spiro atoms. The van der Waals surface area contributed by atoms with Crippen molar-refractivity contribution in [1.82, 2.24) is 0 Å². The number of anilines is 2. The first-order chi connectivity index (χ1) is 19.4. The quantitative estimate of drug-likeness (QED) is 0.0751. The Morgan fingerprint density at radius 3 is 1.30 bits per heavy atom. The minimum atomic E-state index is -0.336. The summed E-state index contributed by atoms with van der Waals surface area (Å²) < 4.78 is 5.83. The Morgan fingerprint density at radius 1 is 0.550 bits per heavy atom. The number of hydrogen-bond acceptors (Lipinski definition) is 4. The zero-order valence-corrected chi connectivity index (χ0v) is 26.1. The standard InChI is InChI=1S/C34H58N2O4/c1-5-8-11-14-17-20-23-31(37)35-29-26-28(4)27-30(36-32(38)24-21-18-15-12-9-6-2)34(29)40-33(39)25-22-19-16-13-10-7-3/h26-27H,5-25H2,1-4H3,(H,35,37)(H,36,38). The van der Waals surface area contributed by atoms with Gasteiger partial charge in [-0.2, -0.15) is 0 Å². The van der Waals surface area contributed by atoms with Gasteiger partial charge in [0.2, 0.25) is 11.8 Å². The van der Waals surface area contributed by atoms with Crippen molar-refractivity contribution < 1.29 is 19.1 Å². The van der Waals surface area contributed by atoms with Crippen molar-refractivity contribution >= 4 is 29.2 Å². The molecule has 40 heavy (non-hydrogen) atoms. The Bertz CT molecular complexity index is 801. The maximum absolute atomic E-state index is 12.8. The summed E-state index contributed by atoms with van der Waals surface area (Å²) in [4.78, 5) is 38.4. The molecule has 6 heteroatoms. The summed E-state index contributed by atoms with van der Waals surface area (Å²) in [6, 6.07) is 3.63. The van der Waals surface area contributed by atoms with E-state index < -0.39 is 0 Å². The highest BCUT2D eigenvalue weighted by Crippen LogP contribution is 2.36. The number of carbonyl (C=O) groups excluding carboxylic acids is 3. The number of amides is 2. The van der Waals surface area contributed by atoms with E-state index in [0.29, 0.717) is 30.6 Å². The van der Waals surface area contributed by atoms with Crippen LogP contribution in [0.1, 0.15) is 161 Å². The van der Waals surface area contributed by atoms with Crippen LogP contribution in [-0.2, 0) is 14.4 Å². The molecule has 0 aliphatic rings. The third kappa shape index (κ3) is 17.3. The van der Waals surface area contributed by atoms with Crippen molar-refractivity contribution in [3.05, 3.63) is 17.7 Å². The Kier molecular flexibility index (Phi) is 20.8. The zero-order chi connectivity index (χ0) is 29.4. The fourth-order valence-electron chi connectivity index (χ4n) is 4.84. The van der Waals surface area contributed by atoms with Crippen LogP contribution in [0, 0.1) is 6.92 Å². The molecule has 228 valence electrons. The van der Waals surface area contributed by atoms with E-state index in [1.165, 1.54) is 57.8 Å². The first-order valence-corrected chi connectivity index (χ1v) is 16.4. The van der Waals surface area contributed by atoms with E-state index >= 15 is 0 Å². The largest absolute Gasteiger partial charge is 0.422 e. The van der Waals surface area contributed by atoms with Gasteiger partial charge in [-0.05, 0) is 43.9 Å². The van der Waals surface area contributed by atoms with Gasteiger partial charge in [-0.3, -0.25) is 14.4 Å². The molecule has 0 saturated carbocycles. The summed E-state index contributed by atoms with van der Waals surface area (Å²) in [7, 11) is 0. The number of unbranched alkanes of at least 4 members (excludes halogenated alkanes) is 15. The zero-order valence-electron chi connectivity index (χ0n) is 26.1. The SMILES string of the molecule is CCCCCCCCC(=O)Nc1cc(C)cc(NC(=O)CCCCCCCC)c1OC(=O)CCCCCCCC. The molecule has 0 aliphatic carbocycles. The fourth-order valence-corrected chi connectivity index (χ4v) is 4.84. The molecule has 0 fully saturated rings. The van der Waals surface area contributed by atoms with Crippen LogP contribution in [0.5, 0.6) is 5.75 Å². The Hall–Kier alpha value is -2.37. The van der Waals surface area contributed by atoms with Crippen LogP contribution in [-0.4, -0.2) is 17.8 Å². The molecule has 2 N–H and O–H groups in total. The maximum Gasteiger partial charge on any atom is 0.311 e. The van der Waals surface area contributed by atoms with Crippen molar-refractivity contribution in [3.8, 4) is 5.75 Å². The first-order valence-electron chi connectivity index (χ1n) is 16.4. The number of benzene rings is 1. The van der Waals surface area contributed by atoms with Crippen LogP contribution in [0.4, 0.5) is 11.4 Å². The molecule has 0 unspecified atom stereocenters. The lowest BCUT2D eigenvalue weighted by Crippen LogP contribution is -2.18. The molecule has 2 amide bonds. The predicted octanol–water partition coefficient (Wildman–Crippen LogP) is 10.0. The highest BCUT2D eigenvalue weighted by atomic mass is 16.5. The average molecular weight is 559 g/mol. The summed E-state index contributed by atoms with van der Waals surface area (Å²) >= 11 is 0. The van der Waals surface area contributed by atoms with Gasteiger partial charge >= 0.3 is 5.97 Å². The molecule has 0 radical (unpaired) electrons. The van der Waals surface area contributed by atoms with E-state index in [4.69, 9.17) is 4.74 Å². The summed E-state index contributed by atoms with van der Waals surface area (Å²) in [5.41, 5.74) is 1.77. The normalized spacial score (nSPS) is 10.9. The van der Waals surface area contributed by atoms with Gasteiger partial charge in [-0.1, -0.05) is 117 Å². The van der Waals surface area contributed by atoms with Gasteiger partial charge in [0.05, 0.1) is 11.4 Å². The second-order valence-electron chi connectivity index (χ2n) is 11.3. The van der Waals surface area contributed by atoms with E-state index in [-0.39, 0.29) is 23.5 Å². The third-order valence-corrected chi connectivity index (χ3v) is 7.25. The van der Waals surface area contributed by atoms with E-state index in [9.17, 15) is 14.4 Å². The highest BCUT2D eigenvalue weighted by molar-refractivity contribution is 5.98. The highest BCUT2D eigenvalue weighted by Gasteiger charge is 2.19. The van der Waals surface area contributed by atoms with Gasteiger partial charge in [-0.15, -0.1) is 0 Å². The lowest BCUT2D eigenvalue weighted by molar-refractivity contribution is -0.134. The van der Waals surface area contributed by atoms with Crippen LogP contribution in [0.3, 0.4) is 0 Å². The minimum Gasteiger partial charge on any atom is -0.422 e. The number of ether oxygens (including phenoxy) is 1. The average Bonchev–Trinajstić information content (AvgIpc) is 2.92. The molecule has 0 saturated heterocycles. The molecule has 6 nitrogen and oxygen atoms in total. The number of aryl methyl sites for hydroxylation is 1. The lowest BCUT2D eigenvalue weighted by atomic mass is 10.1. The topological polar surface area (TPSA) is 84.5 Å². The molecular formula is C34H58N2O4. The Morgan fingerprint density at radius 2 is 0.900 bits per heavy atom. The molecule has 0 bridgehead atoms. The Labute approximate surface area is 244 Å². The molecule has 0 atom stereocenters. The van der Waals surface area contributed by atoms with E-state index in [0.717, 1.165) is 63.4 Å². The van der Waals surface area contributed by atoms with Gasteiger partial charge in [0, 0.05) is 19.3 Å². The Balaban J connectivity index is 2.86. The predicted molar refractivity (Wildman–Crippen MR) is 168 cm³/mol. The van der Waals surface area contributed by atoms with Crippen molar-refractivity contribution in [2.45, 2.75) is 163 Å². The monoisotopic (exact) mass is 558 g/mol. The summed E-state index contributed by atoms with van der Waals surface area (Å²) in [6.45, 7) is 8.48. The molecule has 1 rings (SSSR count). The molecule has 0 aromatic heterocycles. The first kappa shape index (κ1) is 35.7. The maximum atomic E-state index is 12.8. The molecule has 0 heterocycles. The second kappa shape index (κ2) is 23.3. The summed E-state index contributed by atoms with van der Waals surface area (Å²) in [5.74, 6) is -0.288. The lowest BCUT2D eigenvalue weighted by Gasteiger charge is -2.17. The van der Waals surface area contributed by atoms with Crippen LogP contribution < -0.4 is 15.4 Å². The van der Waals surface area contributed by atoms with Gasteiger partial charge in [0.1, 0.15) is 0 Å². The van der Waals surface area contributed by atoms with Crippen LogP contribution in [0.2, 0.25) is 0 Å². The van der Waals surface area contributed by atoms with Crippen molar-refractivity contribution in [2.24, 2.45) is 0 Å². The van der Waals surface area contributed by atoms with Gasteiger partial charge in [0.25, 0.3) is 0 Å². The van der Waals surface area contributed by atoms with Crippen LogP contribution >= 0.6 is 0 Å². The van der Waals surface area contributed by atoms with Gasteiger partial charge < -0.3 is 15.4 Å². The third-order valence-electron chi connectivity index (χ3n) is 7.25. The number of esters is 1. The van der Waals surface area contributed by atoms with Crippen LogP contribution in [0.15, 0.2) is 12.1 Å². The van der Waals surface area contributed by atoms with Crippen molar-refractivity contribution in [1.29, 1.82) is 0 Å². The number of nitrogens with one attached hydrogen (secondary N) is 2. The summed E-state index contributed by atoms with van der Waals surface area (Å²) in [6.07, 6.45) is 20.9. The van der Waals surface area contributed by atoms with E-state index in [1.54, 1.807) is 0 Å².